The molecule has 1 atom stereocenters. The number of carbonyl (C=O) groups excluding carboxylic acids is 2. The molecule has 0 aliphatic carbocycles. The maximum absolute atomic E-state index is 12.8. The monoisotopic (exact) mass is 381 g/mol. The van der Waals surface area contributed by atoms with Crippen LogP contribution in [-0.4, -0.2) is 68.3 Å². The third-order valence-corrected chi connectivity index (χ3v) is 6.53. The van der Waals surface area contributed by atoms with Crippen molar-refractivity contribution in [1.82, 2.24) is 14.5 Å². The first kappa shape index (κ1) is 18.7. The fraction of sp³-hybridized carbons (Fsp3) is 0.529. The van der Waals surface area contributed by atoms with Crippen LogP contribution in [0.5, 0.6) is 5.75 Å². The minimum absolute atomic E-state index is 0.111. The van der Waals surface area contributed by atoms with Crippen LogP contribution < -0.4 is 10.1 Å². The number of nitrogens with zero attached hydrogens (tertiary/aromatic N) is 2. The second kappa shape index (κ2) is 7.63. The predicted octanol–water partition coefficient (Wildman–Crippen LogP) is 0.197. The van der Waals surface area contributed by atoms with Gasteiger partial charge in [0.2, 0.25) is 21.8 Å². The molecule has 0 unspecified atom stereocenters. The minimum Gasteiger partial charge on any atom is -0.494 e. The summed E-state index contributed by atoms with van der Waals surface area (Å²) in [5, 5.41) is 2.66. The number of ether oxygens (including phenoxy) is 1. The second-order valence-corrected chi connectivity index (χ2v) is 8.23. The number of carbonyl (C=O) groups is 2. The lowest BCUT2D eigenvalue weighted by molar-refractivity contribution is -0.135. The van der Waals surface area contributed by atoms with E-state index in [4.69, 9.17) is 4.74 Å². The first-order valence-electron chi connectivity index (χ1n) is 8.73. The maximum Gasteiger partial charge on any atom is 0.245 e. The lowest BCUT2D eigenvalue weighted by Crippen LogP contribution is -2.54. The summed E-state index contributed by atoms with van der Waals surface area (Å²) in [4.78, 5) is 25.5. The maximum atomic E-state index is 12.8. The summed E-state index contributed by atoms with van der Waals surface area (Å²) in [5.74, 6) is 0.384. The van der Waals surface area contributed by atoms with Gasteiger partial charge in [0.15, 0.2) is 0 Å². The molecule has 142 valence electrons. The number of amides is 2. The van der Waals surface area contributed by atoms with E-state index in [1.807, 2.05) is 6.92 Å². The Hall–Kier alpha value is -2.13. The van der Waals surface area contributed by atoms with Gasteiger partial charge in [-0.25, -0.2) is 8.42 Å². The number of sulfonamides is 1. The molecule has 0 spiro atoms. The van der Waals surface area contributed by atoms with Crippen LogP contribution in [0.3, 0.4) is 0 Å². The smallest absolute Gasteiger partial charge is 0.245 e. The molecule has 0 aromatic heterocycles. The molecule has 9 heteroatoms. The molecular formula is C17H23N3O5S. The van der Waals surface area contributed by atoms with Crippen molar-refractivity contribution in [3.8, 4) is 5.75 Å². The molecule has 0 bridgehead atoms. The molecule has 2 heterocycles. The van der Waals surface area contributed by atoms with Crippen LogP contribution in [0, 0.1) is 0 Å². The Kier molecular flexibility index (Phi) is 5.47. The van der Waals surface area contributed by atoms with Crippen molar-refractivity contribution in [3.63, 3.8) is 0 Å². The Morgan fingerprint density at radius 2 is 1.85 bits per heavy atom. The molecule has 26 heavy (non-hydrogen) atoms. The van der Waals surface area contributed by atoms with Crippen LogP contribution in [0.15, 0.2) is 29.2 Å². The zero-order chi connectivity index (χ0) is 18.7. The van der Waals surface area contributed by atoms with Crippen molar-refractivity contribution in [2.24, 2.45) is 0 Å². The van der Waals surface area contributed by atoms with Crippen LogP contribution in [0.1, 0.15) is 19.8 Å². The molecular weight excluding hydrogens is 358 g/mol. The Bertz CT molecular complexity index is 770. The van der Waals surface area contributed by atoms with Crippen LogP contribution in [0.25, 0.3) is 0 Å². The topological polar surface area (TPSA) is 96.0 Å². The highest BCUT2D eigenvalue weighted by Gasteiger charge is 2.35. The van der Waals surface area contributed by atoms with Crippen molar-refractivity contribution < 1.29 is 22.7 Å². The summed E-state index contributed by atoms with van der Waals surface area (Å²) in [6.07, 6.45) is 0.866. The first-order valence-corrected chi connectivity index (χ1v) is 10.2. The van der Waals surface area contributed by atoms with E-state index < -0.39 is 16.1 Å². The molecule has 2 amide bonds. The summed E-state index contributed by atoms with van der Waals surface area (Å²) in [6, 6.07) is 5.87. The Balaban J connectivity index is 1.61. The van der Waals surface area contributed by atoms with Gasteiger partial charge in [0.05, 0.1) is 11.5 Å². The molecule has 0 saturated carbocycles. The summed E-state index contributed by atoms with van der Waals surface area (Å²) < 4.78 is 32.2. The van der Waals surface area contributed by atoms with E-state index >= 15 is 0 Å². The quantitative estimate of drug-likeness (QED) is 0.786. The van der Waals surface area contributed by atoms with Gasteiger partial charge in [-0.1, -0.05) is 0 Å². The summed E-state index contributed by atoms with van der Waals surface area (Å²) in [5.41, 5.74) is 0. The van der Waals surface area contributed by atoms with Gasteiger partial charge < -0.3 is 15.0 Å². The van der Waals surface area contributed by atoms with Gasteiger partial charge in [0, 0.05) is 32.6 Å². The standard InChI is InChI=1S/C17H23N3O5S/c1-2-25-13-3-5-14(6-4-13)26(23,24)20-11-9-19(10-12-20)17(22)15-7-8-16(21)18-15/h3-6,15H,2,7-12H2,1H3,(H,18,21)/t15-/m0/s1. The van der Waals surface area contributed by atoms with Crippen molar-refractivity contribution in [1.29, 1.82) is 0 Å². The number of hydrogen-bond donors (Lipinski definition) is 1. The number of nitrogens with one attached hydrogen (secondary N) is 1. The molecule has 1 N–H and O–H groups in total. The molecule has 3 rings (SSSR count). The summed E-state index contributed by atoms with van der Waals surface area (Å²) in [6.45, 7) is 3.50. The number of benzene rings is 1. The summed E-state index contributed by atoms with van der Waals surface area (Å²) in [7, 11) is -3.60. The third-order valence-electron chi connectivity index (χ3n) is 4.62. The first-order chi connectivity index (χ1) is 12.4. The van der Waals surface area contributed by atoms with Gasteiger partial charge in [-0.2, -0.15) is 4.31 Å². The largest absolute Gasteiger partial charge is 0.494 e. The second-order valence-electron chi connectivity index (χ2n) is 6.29. The van der Waals surface area contributed by atoms with Crippen LogP contribution in [0.2, 0.25) is 0 Å². The fourth-order valence-electron chi connectivity index (χ4n) is 3.19. The lowest BCUT2D eigenvalue weighted by atomic mass is 10.2. The van der Waals surface area contributed by atoms with Crippen LogP contribution >= 0.6 is 0 Å². The third kappa shape index (κ3) is 3.83. The summed E-state index contributed by atoms with van der Waals surface area (Å²) >= 11 is 0. The highest BCUT2D eigenvalue weighted by molar-refractivity contribution is 7.89. The molecule has 2 aliphatic heterocycles. The predicted molar refractivity (Wildman–Crippen MR) is 94.1 cm³/mol. The van der Waals surface area contributed by atoms with E-state index in [2.05, 4.69) is 5.32 Å². The highest BCUT2D eigenvalue weighted by Crippen LogP contribution is 2.21. The van der Waals surface area contributed by atoms with Crippen LogP contribution in [-0.2, 0) is 19.6 Å². The molecule has 1 aromatic rings. The van der Waals surface area contributed by atoms with Crippen molar-refractivity contribution >= 4 is 21.8 Å². The van der Waals surface area contributed by atoms with Crippen molar-refractivity contribution in [2.45, 2.75) is 30.7 Å². The SMILES string of the molecule is CCOc1ccc(S(=O)(=O)N2CCN(C(=O)[C@@H]3CCC(=O)N3)CC2)cc1. The number of rotatable bonds is 5. The van der Waals surface area contributed by atoms with Crippen molar-refractivity contribution in [3.05, 3.63) is 24.3 Å². The average Bonchev–Trinajstić information content (AvgIpc) is 3.08. The minimum atomic E-state index is -3.60. The molecule has 2 fully saturated rings. The molecule has 2 aliphatic rings. The van der Waals surface area contributed by atoms with Gasteiger partial charge in [-0.3, -0.25) is 9.59 Å². The van der Waals surface area contributed by atoms with E-state index in [0.717, 1.165) is 0 Å². The van der Waals surface area contributed by atoms with E-state index in [9.17, 15) is 18.0 Å². The van der Waals surface area contributed by atoms with Gasteiger partial charge in [0.25, 0.3) is 0 Å². The molecule has 2 saturated heterocycles. The van der Waals surface area contributed by atoms with Crippen molar-refractivity contribution in [2.75, 3.05) is 32.8 Å². The molecule has 0 radical (unpaired) electrons. The highest BCUT2D eigenvalue weighted by atomic mass is 32.2. The van der Waals surface area contributed by atoms with Gasteiger partial charge in [-0.05, 0) is 37.6 Å². The number of piperazine rings is 1. The molecule has 1 aromatic carbocycles. The van der Waals surface area contributed by atoms with E-state index in [1.54, 1.807) is 17.0 Å². The van der Waals surface area contributed by atoms with E-state index in [-0.39, 0.29) is 29.8 Å². The molecule has 8 nitrogen and oxygen atoms in total. The lowest BCUT2D eigenvalue weighted by Gasteiger charge is -2.35. The van der Waals surface area contributed by atoms with Gasteiger partial charge in [0.1, 0.15) is 11.8 Å². The Morgan fingerprint density at radius 3 is 2.38 bits per heavy atom. The number of hydrogen-bond acceptors (Lipinski definition) is 5. The Labute approximate surface area is 153 Å². The fourth-order valence-corrected chi connectivity index (χ4v) is 4.61. The zero-order valence-corrected chi connectivity index (χ0v) is 15.5. The van der Waals surface area contributed by atoms with E-state index in [1.165, 1.54) is 16.4 Å². The normalized spacial score (nSPS) is 21.5. The Morgan fingerprint density at radius 1 is 1.19 bits per heavy atom. The average molecular weight is 381 g/mol. The zero-order valence-electron chi connectivity index (χ0n) is 14.7. The van der Waals surface area contributed by atoms with E-state index in [0.29, 0.717) is 38.3 Å². The van der Waals surface area contributed by atoms with Crippen LogP contribution in [0.4, 0.5) is 0 Å². The van der Waals surface area contributed by atoms with Gasteiger partial charge in [-0.15, -0.1) is 0 Å². The van der Waals surface area contributed by atoms with Gasteiger partial charge >= 0.3 is 0 Å².